The molecule has 1 fully saturated rings. The van der Waals surface area contributed by atoms with Gasteiger partial charge in [0, 0.05) is 0 Å². The number of rotatable bonds is 9. The van der Waals surface area contributed by atoms with E-state index in [4.69, 9.17) is 19.5 Å². The number of benzene rings is 1. The van der Waals surface area contributed by atoms with Crippen molar-refractivity contribution in [3.63, 3.8) is 0 Å². The zero-order valence-corrected chi connectivity index (χ0v) is 20.9. The van der Waals surface area contributed by atoms with Crippen molar-refractivity contribution >= 4 is 30.8 Å². The maximum absolute atomic E-state index is 13.7. The second-order valence-electron chi connectivity index (χ2n) is 8.33. The zero-order valence-electron chi connectivity index (χ0n) is 20.0. The first-order chi connectivity index (χ1) is 17.5. The van der Waals surface area contributed by atoms with E-state index in [1.165, 1.54) is 44.0 Å². The second-order valence-corrected chi connectivity index (χ2v) is 9.98. The number of carbonyl (C=O) groups is 1. The van der Waals surface area contributed by atoms with Gasteiger partial charge in [0.2, 0.25) is 5.95 Å². The largest absolute Gasteiger partial charge is 0.468 e. The molecule has 16 heteroatoms. The van der Waals surface area contributed by atoms with Gasteiger partial charge in [-0.1, -0.05) is 18.2 Å². The van der Waals surface area contributed by atoms with Crippen LogP contribution in [0.5, 0.6) is 5.75 Å². The first-order valence-electron chi connectivity index (χ1n) is 11.2. The van der Waals surface area contributed by atoms with E-state index in [1.807, 2.05) is 0 Å². The average molecular weight is 538 g/mol. The summed E-state index contributed by atoms with van der Waals surface area (Å²) in [6, 6.07) is 7.03. The van der Waals surface area contributed by atoms with Crippen molar-refractivity contribution in [2.75, 3.05) is 12.8 Å². The average Bonchev–Trinajstić information content (AvgIpc) is 3.39. The minimum atomic E-state index is -4.27. The van der Waals surface area contributed by atoms with Gasteiger partial charge < -0.3 is 29.9 Å². The Morgan fingerprint density at radius 2 is 1.97 bits per heavy atom. The van der Waals surface area contributed by atoms with Gasteiger partial charge in [0.1, 0.15) is 30.1 Å². The van der Waals surface area contributed by atoms with Crippen molar-refractivity contribution in [3.8, 4) is 5.75 Å². The first-order valence-corrected chi connectivity index (χ1v) is 12.7. The number of nitrogens with one attached hydrogen (secondary N) is 2. The lowest BCUT2D eigenvalue weighted by Crippen LogP contribution is -2.41. The van der Waals surface area contributed by atoms with E-state index in [0.717, 1.165) is 0 Å². The number of esters is 1. The van der Waals surface area contributed by atoms with Crippen LogP contribution in [0.4, 0.5) is 5.95 Å². The van der Waals surface area contributed by atoms with Crippen molar-refractivity contribution in [2.24, 2.45) is 0 Å². The Morgan fingerprint density at radius 3 is 2.65 bits per heavy atom. The number of para-hydroxylation sites is 1. The number of H-pyrrole nitrogens is 1. The number of ether oxygens (including phenoxy) is 2. The van der Waals surface area contributed by atoms with Gasteiger partial charge in [0.15, 0.2) is 17.4 Å². The fraction of sp³-hybridized carbons (Fsp3) is 0.429. The molecular formula is C21H27N6O9P. The van der Waals surface area contributed by atoms with E-state index in [1.54, 1.807) is 18.2 Å². The van der Waals surface area contributed by atoms with E-state index in [-0.39, 0.29) is 22.9 Å². The molecule has 3 heterocycles. The summed E-state index contributed by atoms with van der Waals surface area (Å²) >= 11 is 0. The number of carbonyl (C=O) groups excluding carboxylic acids is 1. The molecular weight excluding hydrogens is 511 g/mol. The number of aliphatic hydroxyl groups excluding tert-OH is 2. The molecule has 1 saturated heterocycles. The Hall–Kier alpha value is -3.33. The van der Waals surface area contributed by atoms with Gasteiger partial charge in [-0.25, -0.2) is 9.55 Å². The SMILES string of the molecule is COC(=O)[C@H](C)NP(=O)(Oc1ccccc1)O[C@H](C)[C@H]1O[C@@H](n2cnc3c(=O)[nH]c(N)nc32)[C@H](O)[C@@H]1O. The number of fused-ring (bicyclic) bond motifs is 1. The van der Waals surface area contributed by atoms with Crippen LogP contribution in [0.3, 0.4) is 0 Å². The fourth-order valence-corrected chi connectivity index (χ4v) is 5.57. The summed E-state index contributed by atoms with van der Waals surface area (Å²) in [7, 11) is -3.09. The summed E-state index contributed by atoms with van der Waals surface area (Å²) in [5.74, 6) is -0.702. The van der Waals surface area contributed by atoms with Crippen LogP contribution in [0.1, 0.15) is 20.1 Å². The number of imidazole rings is 1. The Morgan fingerprint density at radius 1 is 1.27 bits per heavy atom. The van der Waals surface area contributed by atoms with Gasteiger partial charge in [-0.2, -0.15) is 10.1 Å². The highest BCUT2D eigenvalue weighted by Gasteiger charge is 2.49. The molecule has 200 valence electrons. The minimum Gasteiger partial charge on any atom is -0.468 e. The second kappa shape index (κ2) is 10.6. The lowest BCUT2D eigenvalue weighted by Gasteiger charge is -2.28. The van der Waals surface area contributed by atoms with Crippen LogP contribution in [0, 0.1) is 0 Å². The van der Waals surface area contributed by atoms with Crippen molar-refractivity contribution in [2.45, 2.75) is 50.5 Å². The normalized spacial score (nSPS) is 24.9. The lowest BCUT2D eigenvalue weighted by molar-refractivity contribution is -0.142. The molecule has 1 aliphatic rings. The molecule has 4 rings (SSSR count). The van der Waals surface area contributed by atoms with Gasteiger partial charge in [-0.3, -0.25) is 23.7 Å². The summed E-state index contributed by atoms with van der Waals surface area (Å²) in [4.78, 5) is 34.4. The highest BCUT2D eigenvalue weighted by atomic mass is 31.2. The number of nitrogen functional groups attached to an aromatic ring is 1. The number of hydrogen-bond donors (Lipinski definition) is 5. The van der Waals surface area contributed by atoms with Crippen LogP contribution in [0.15, 0.2) is 41.5 Å². The molecule has 7 atom stereocenters. The molecule has 2 aromatic heterocycles. The standard InChI is InChI=1S/C21H27N6O9P/c1-10(20(31)33-3)26-37(32,36-12-7-5-4-6-8-12)35-11(2)16-14(28)15(29)19(34-16)27-9-23-13-17(27)24-21(22)25-18(13)30/h4-11,14-16,19,28-29H,1-3H3,(H,26,32)(H3,22,24,25,30)/t10-,11+,14-,15+,16+,19+,37?/m0/s1. The fourth-order valence-electron chi connectivity index (χ4n) is 3.88. The molecule has 0 bridgehead atoms. The van der Waals surface area contributed by atoms with Crippen molar-refractivity contribution < 1.29 is 38.1 Å². The van der Waals surface area contributed by atoms with Crippen LogP contribution < -0.4 is 20.9 Å². The molecule has 1 aromatic carbocycles. The van der Waals surface area contributed by atoms with Gasteiger partial charge in [-0.15, -0.1) is 0 Å². The number of methoxy groups -OCH3 is 1. The maximum Gasteiger partial charge on any atom is 0.459 e. The van der Waals surface area contributed by atoms with E-state index in [9.17, 15) is 24.4 Å². The van der Waals surface area contributed by atoms with Crippen LogP contribution in [-0.2, 0) is 23.4 Å². The highest BCUT2D eigenvalue weighted by molar-refractivity contribution is 7.52. The van der Waals surface area contributed by atoms with Gasteiger partial charge in [0.25, 0.3) is 5.56 Å². The third kappa shape index (κ3) is 5.51. The number of aliphatic hydroxyl groups is 2. The molecule has 0 aliphatic carbocycles. The lowest BCUT2D eigenvalue weighted by atomic mass is 10.1. The Labute approximate surface area is 210 Å². The van der Waals surface area contributed by atoms with E-state index in [0.29, 0.717) is 0 Å². The molecule has 0 saturated carbocycles. The third-order valence-corrected chi connectivity index (χ3v) is 7.41. The van der Waals surface area contributed by atoms with Gasteiger partial charge >= 0.3 is 13.7 Å². The minimum absolute atomic E-state index is 0.0263. The zero-order chi connectivity index (χ0) is 26.9. The predicted molar refractivity (Wildman–Crippen MR) is 128 cm³/mol. The van der Waals surface area contributed by atoms with Crippen LogP contribution >= 0.6 is 7.75 Å². The summed E-state index contributed by atoms with van der Waals surface area (Å²) in [6.45, 7) is 2.85. The van der Waals surface area contributed by atoms with Crippen molar-refractivity contribution in [1.29, 1.82) is 0 Å². The quantitative estimate of drug-likeness (QED) is 0.180. The number of aromatic nitrogens is 4. The number of anilines is 1. The third-order valence-electron chi connectivity index (χ3n) is 5.64. The topological polar surface area (TPSA) is 213 Å². The summed E-state index contributed by atoms with van der Waals surface area (Å²) in [5, 5.41) is 24.0. The van der Waals surface area contributed by atoms with Gasteiger partial charge in [0.05, 0.1) is 19.5 Å². The summed E-state index contributed by atoms with van der Waals surface area (Å²) in [6.07, 6.45) is -5.41. The molecule has 3 aromatic rings. The van der Waals surface area contributed by atoms with E-state index >= 15 is 0 Å². The smallest absolute Gasteiger partial charge is 0.459 e. The number of hydrogen-bond acceptors (Lipinski definition) is 12. The molecule has 0 radical (unpaired) electrons. The van der Waals surface area contributed by atoms with Gasteiger partial charge in [-0.05, 0) is 26.0 Å². The number of aromatic amines is 1. The van der Waals surface area contributed by atoms with Crippen molar-refractivity contribution in [3.05, 3.63) is 47.0 Å². The Bertz CT molecular complexity index is 1370. The van der Waals surface area contributed by atoms with Crippen LogP contribution in [0.25, 0.3) is 11.2 Å². The maximum atomic E-state index is 13.7. The number of nitrogens with zero attached hydrogens (tertiary/aromatic N) is 3. The molecule has 6 N–H and O–H groups in total. The van der Waals surface area contributed by atoms with Crippen molar-refractivity contribution in [1.82, 2.24) is 24.6 Å². The Balaban J connectivity index is 1.58. The molecule has 1 unspecified atom stereocenters. The monoisotopic (exact) mass is 538 g/mol. The summed E-state index contributed by atoms with van der Waals surface area (Å²) < 4.78 is 36.8. The van der Waals surface area contributed by atoms with Crippen LogP contribution in [-0.4, -0.2) is 73.3 Å². The van der Waals surface area contributed by atoms with Crippen LogP contribution in [0.2, 0.25) is 0 Å². The first kappa shape index (κ1) is 26.7. The highest BCUT2D eigenvalue weighted by Crippen LogP contribution is 2.48. The molecule has 15 nitrogen and oxygen atoms in total. The molecule has 37 heavy (non-hydrogen) atoms. The molecule has 0 spiro atoms. The number of nitrogens with two attached hydrogens (primary N) is 1. The predicted octanol–water partition coefficient (Wildman–Crippen LogP) is 0.0643. The summed E-state index contributed by atoms with van der Waals surface area (Å²) in [5.41, 5.74) is 5.02. The molecule has 0 amide bonds. The van der Waals surface area contributed by atoms with E-state index < -0.39 is 56.0 Å². The molecule has 1 aliphatic heterocycles. The van der Waals surface area contributed by atoms with E-state index in [2.05, 4.69) is 24.8 Å². The Kier molecular flexibility index (Phi) is 7.64.